The summed E-state index contributed by atoms with van der Waals surface area (Å²) in [6, 6.07) is 0. The van der Waals surface area contributed by atoms with Crippen molar-refractivity contribution in [3.63, 3.8) is 0 Å². The number of Topliss-reactive ketones (excluding diaryl/α,β-unsaturated/α-hetero) is 1. The van der Waals surface area contributed by atoms with Crippen LogP contribution in [0.1, 0.15) is 47.0 Å². The Morgan fingerprint density at radius 1 is 1.57 bits per heavy atom. The second-order valence-corrected chi connectivity index (χ2v) is 7.63. The Labute approximate surface area is 144 Å². The molecule has 0 heterocycles. The highest BCUT2D eigenvalue weighted by Gasteiger charge is 2.36. The molecule has 1 aliphatic rings. The SMILES string of the molecule is C=CCON=C(CC)C1=C(O)C(C)C(CC(C)SCC)CC1=O. The van der Waals surface area contributed by atoms with Crippen molar-refractivity contribution < 1.29 is 14.7 Å². The van der Waals surface area contributed by atoms with Crippen molar-refractivity contribution in [2.24, 2.45) is 17.0 Å². The molecule has 0 aromatic heterocycles. The molecule has 1 rings (SSSR count). The quantitative estimate of drug-likeness (QED) is 0.290. The molecule has 0 bridgehead atoms. The molecule has 0 aromatic carbocycles. The normalized spacial score (nSPS) is 23.8. The van der Waals surface area contributed by atoms with Crippen LogP contribution in [-0.2, 0) is 9.63 Å². The topological polar surface area (TPSA) is 58.9 Å². The summed E-state index contributed by atoms with van der Waals surface area (Å²) in [5.41, 5.74) is 0.881. The maximum atomic E-state index is 12.6. The summed E-state index contributed by atoms with van der Waals surface area (Å²) in [6.07, 6.45) is 3.55. The lowest BCUT2D eigenvalue weighted by atomic mass is 9.76. The molecule has 0 fully saturated rings. The molecule has 0 saturated carbocycles. The van der Waals surface area contributed by atoms with Gasteiger partial charge in [-0.3, -0.25) is 4.79 Å². The predicted octanol–water partition coefficient (Wildman–Crippen LogP) is 4.52. The van der Waals surface area contributed by atoms with Crippen LogP contribution in [-0.4, -0.2) is 34.2 Å². The minimum Gasteiger partial charge on any atom is -0.511 e. The van der Waals surface area contributed by atoms with Crippen LogP contribution in [0.15, 0.2) is 29.1 Å². The Balaban J connectivity index is 2.96. The highest BCUT2D eigenvalue weighted by molar-refractivity contribution is 7.99. The van der Waals surface area contributed by atoms with Gasteiger partial charge >= 0.3 is 0 Å². The number of nitrogens with zero attached hydrogens (tertiary/aromatic N) is 1. The zero-order valence-electron chi connectivity index (χ0n) is 14.7. The summed E-state index contributed by atoms with van der Waals surface area (Å²) in [6.45, 7) is 12.1. The molecule has 3 unspecified atom stereocenters. The number of ketones is 1. The largest absolute Gasteiger partial charge is 0.511 e. The summed E-state index contributed by atoms with van der Waals surface area (Å²) in [5, 5.41) is 15.1. The minimum atomic E-state index is -0.0289. The van der Waals surface area contributed by atoms with E-state index in [4.69, 9.17) is 4.84 Å². The van der Waals surface area contributed by atoms with Crippen LogP contribution < -0.4 is 0 Å². The number of thioether (sulfide) groups is 1. The molecule has 1 aliphatic carbocycles. The van der Waals surface area contributed by atoms with E-state index in [1.54, 1.807) is 6.08 Å². The molecule has 130 valence electrons. The number of aliphatic hydroxyl groups is 1. The summed E-state index contributed by atoms with van der Waals surface area (Å²) in [7, 11) is 0. The fourth-order valence-electron chi connectivity index (χ4n) is 2.94. The Kier molecular flexibility index (Phi) is 8.45. The third-order valence-corrected chi connectivity index (χ3v) is 5.29. The van der Waals surface area contributed by atoms with Crippen LogP contribution in [0.3, 0.4) is 0 Å². The number of oxime groups is 1. The molecule has 4 nitrogen and oxygen atoms in total. The van der Waals surface area contributed by atoms with Gasteiger partial charge in [-0.1, -0.05) is 45.5 Å². The maximum absolute atomic E-state index is 12.6. The van der Waals surface area contributed by atoms with Crippen LogP contribution in [0.2, 0.25) is 0 Å². The van der Waals surface area contributed by atoms with Gasteiger partial charge in [-0.15, -0.1) is 0 Å². The number of rotatable bonds is 9. The van der Waals surface area contributed by atoms with Crippen LogP contribution in [0, 0.1) is 11.8 Å². The molecule has 5 heteroatoms. The van der Waals surface area contributed by atoms with Gasteiger partial charge in [0.2, 0.25) is 0 Å². The van der Waals surface area contributed by atoms with E-state index in [2.05, 4.69) is 25.6 Å². The lowest BCUT2D eigenvalue weighted by Gasteiger charge is -2.31. The van der Waals surface area contributed by atoms with Gasteiger partial charge in [0.05, 0.1) is 11.3 Å². The molecule has 23 heavy (non-hydrogen) atoms. The lowest BCUT2D eigenvalue weighted by molar-refractivity contribution is -0.117. The van der Waals surface area contributed by atoms with Crippen molar-refractivity contribution in [1.29, 1.82) is 0 Å². The highest BCUT2D eigenvalue weighted by atomic mass is 32.2. The number of carbonyl (C=O) groups is 1. The number of allylic oxidation sites excluding steroid dienone is 2. The fourth-order valence-corrected chi connectivity index (χ4v) is 3.89. The first-order chi connectivity index (χ1) is 11.0. The van der Waals surface area contributed by atoms with Crippen molar-refractivity contribution in [3.8, 4) is 0 Å². The molecular formula is C18H29NO3S. The first-order valence-corrected chi connectivity index (χ1v) is 9.38. The van der Waals surface area contributed by atoms with E-state index in [-0.39, 0.29) is 30.0 Å². The molecule has 0 radical (unpaired) electrons. The van der Waals surface area contributed by atoms with Gasteiger partial charge < -0.3 is 9.94 Å². The first-order valence-electron chi connectivity index (χ1n) is 8.34. The van der Waals surface area contributed by atoms with Crippen LogP contribution >= 0.6 is 11.8 Å². The smallest absolute Gasteiger partial charge is 0.168 e. The van der Waals surface area contributed by atoms with Crippen molar-refractivity contribution >= 4 is 23.3 Å². The molecule has 0 spiro atoms. The van der Waals surface area contributed by atoms with E-state index < -0.39 is 0 Å². The Morgan fingerprint density at radius 3 is 2.83 bits per heavy atom. The van der Waals surface area contributed by atoms with E-state index in [0.29, 0.717) is 29.4 Å². The summed E-state index contributed by atoms with van der Waals surface area (Å²) >= 11 is 1.89. The molecule has 3 atom stereocenters. The van der Waals surface area contributed by atoms with E-state index in [1.807, 2.05) is 25.6 Å². The van der Waals surface area contributed by atoms with Crippen molar-refractivity contribution in [3.05, 3.63) is 24.0 Å². The number of hydrogen-bond donors (Lipinski definition) is 1. The van der Waals surface area contributed by atoms with Crippen LogP contribution in [0.4, 0.5) is 0 Å². The van der Waals surface area contributed by atoms with Gasteiger partial charge in [0.1, 0.15) is 12.4 Å². The van der Waals surface area contributed by atoms with Crippen molar-refractivity contribution in [2.45, 2.75) is 52.2 Å². The molecular weight excluding hydrogens is 310 g/mol. The first kappa shape index (κ1) is 19.8. The maximum Gasteiger partial charge on any atom is 0.168 e. The van der Waals surface area contributed by atoms with Gasteiger partial charge in [0.25, 0.3) is 0 Å². The minimum absolute atomic E-state index is 0.0258. The second-order valence-electron chi connectivity index (χ2n) is 5.91. The average Bonchev–Trinajstić information content (AvgIpc) is 2.51. The van der Waals surface area contributed by atoms with Crippen molar-refractivity contribution in [1.82, 2.24) is 0 Å². The molecule has 0 saturated heterocycles. The lowest BCUT2D eigenvalue weighted by Crippen LogP contribution is -2.31. The van der Waals surface area contributed by atoms with Crippen LogP contribution in [0.25, 0.3) is 0 Å². The van der Waals surface area contributed by atoms with E-state index in [0.717, 1.165) is 12.2 Å². The molecule has 0 aromatic rings. The van der Waals surface area contributed by atoms with E-state index in [1.165, 1.54) is 0 Å². The van der Waals surface area contributed by atoms with Crippen molar-refractivity contribution in [2.75, 3.05) is 12.4 Å². The number of carbonyl (C=O) groups excluding carboxylic acids is 1. The zero-order valence-corrected chi connectivity index (χ0v) is 15.5. The summed E-state index contributed by atoms with van der Waals surface area (Å²) in [5.74, 6) is 1.37. The average molecular weight is 340 g/mol. The summed E-state index contributed by atoms with van der Waals surface area (Å²) < 4.78 is 0. The van der Waals surface area contributed by atoms with E-state index >= 15 is 0 Å². The molecule has 1 N–H and O–H groups in total. The monoisotopic (exact) mass is 339 g/mol. The standard InChI is InChI=1S/C18H29NO3S/c1-6-9-22-19-15(7-2)17-16(20)11-14(13(5)18(17)21)10-12(4)23-8-3/h6,12-14,21H,1,7-11H2,2-5H3. The Hall–Kier alpha value is -1.23. The molecule has 0 aliphatic heterocycles. The predicted molar refractivity (Wildman–Crippen MR) is 98.0 cm³/mol. The third kappa shape index (κ3) is 5.41. The Bertz CT molecular complexity index is 485. The third-order valence-electron chi connectivity index (χ3n) is 4.20. The summed E-state index contributed by atoms with van der Waals surface area (Å²) in [4.78, 5) is 17.7. The van der Waals surface area contributed by atoms with Gasteiger partial charge in [-0.2, -0.15) is 11.8 Å². The highest BCUT2D eigenvalue weighted by Crippen LogP contribution is 2.36. The second kappa shape index (κ2) is 9.81. The number of hydrogen-bond acceptors (Lipinski definition) is 5. The van der Waals surface area contributed by atoms with Crippen LogP contribution in [0.5, 0.6) is 0 Å². The van der Waals surface area contributed by atoms with Gasteiger partial charge in [-0.05, 0) is 24.5 Å². The van der Waals surface area contributed by atoms with Gasteiger partial charge in [-0.25, -0.2) is 0 Å². The van der Waals surface area contributed by atoms with E-state index in [9.17, 15) is 9.90 Å². The number of aliphatic hydroxyl groups excluding tert-OH is 1. The molecule has 0 amide bonds. The zero-order chi connectivity index (χ0) is 17.4. The Morgan fingerprint density at radius 2 is 2.26 bits per heavy atom. The fraction of sp³-hybridized carbons (Fsp3) is 0.667. The van der Waals surface area contributed by atoms with Gasteiger partial charge in [0, 0.05) is 17.6 Å². The van der Waals surface area contributed by atoms with Gasteiger partial charge in [0.15, 0.2) is 5.78 Å².